The Hall–Kier alpha value is -3.14. The van der Waals surface area contributed by atoms with Gasteiger partial charge in [-0.05, 0) is 74.4 Å². The Kier molecular flexibility index (Phi) is 6.36. The average molecular weight is 553 g/mol. The fourth-order valence-electron chi connectivity index (χ4n) is 5.49. The van der Waals surface area contributed by atoms with Crippen molar-refractivity contribution in [1.82, 2.24) is 19.8 Å². The number of benzene rings is 1. The van der Waals surface area contributed by atoms with E-state index in [1.54, 1.807) is 16.0 Å². The molecule has 2 amide bonds. The molecule has 6 rings (SSSR count). The minimum Gasteiger partial charge on any atom is -0.444 e. The molecule has 3 aliphatic rings. The molecule has 206 valence electrons. The summed E-state index contributed by atoms with van der Waals surface area (Å²) in [4.78, 5) is 37.5. The van der Waals surface area contributed by atoms with Crippen LogP contribution in [0.25, 0.3) is 22.2 Å². The first-order valence-electron chi connectivity index (χ1n) is 13.4. The highest BCUT2D eigenvalue weighted by Crippen LogP contribution is 2.41. The molecule has 10 heteroatoms. The number of aromatic nitrogens is 2. The number of aromatic amines is 1. The van der Waals surface area contributed by atoms with Gasteiger partial charge in [0.25, 0.3) is 5.91 Å². The van der Waals surface area contributed by atoms with Crippen molar-refractivity contribution >= 4 is 34.6 Å². The fraction of sp³-hybridized carbons (Fsp3) is 0.483. The van der Waals surface area contributed by atoms with Gasteiger partial charge in [0.1, 0.15) is 16.8 Å². The van der Waals surface area contributed by atoms with Crippen molar-refractivity contribution < 1.29 is 24.2 Å². The number of morpholine rings is 1. The Bertz CT molecular complexity index is 1460. The van der Waals surface area contributed by atoms with Gasteiger partial charge in [0.2, 0.25) is 0 Å². The lowest BCUT2D eigenvalue weighted by Crippen LogP contribution is -2.47. The first kappa shape index (κ1) is 26.1. The van der Waals surface area contributed by atoms with Gasteiger partial charge in [-0.25, -0.2) is 9.78 Å². The molecule has 2 N–H and O–H groups in total. The predicted molar refractivity (Wildman–Crippen MR) is 146 cm³/mol. The predicted octanol–water partition coefficient (Wildman–Crippen LogP) is 4.60. The maximum absolute atomic E-state index is 13.3. The second kappa shape index (κ2) is 9.50. The minimum atomic E-state index is -1.23. The molecule has 2 aromatic heterocycles. The van der Waals surface area contributed by atoms with Crippen LogP contribution >= 0.6 is 11.6 Å². The van der Waals surface area contributed by atoms with Crippen molar-refractivity contribution in [1.29, 1.82) is 0 Å². The van der Waals surface area contributed by atoms with Crippen molar-refractivity contribution in [3.63, 3.8) is 0 Å². The zero-order valence-electron chi connectivity index (χ0n) is 22.4. The molecule has 1 aliphatic carbocycles. The number of nitrogens with one attached hydrogen (secondary N) is 1. The minimum absolute atomic E-state index is 0.219. The summed E-state index contributed by atoms with van der Waals surface area (Å²) in [7, 11) is 0. The van der Waals surface area contributed by atoms with E-state index in [2.05, 4.69) is 22.1 Å². The Morgan fingerprint density at radius 3 is 2.74 bits per heavy atom. The highest BCUT2D eigenvalue weighted by Gasteiger charge is 2.50. The number of hydrogen-bond acceptors (Lipinski definition) is 6. The molecular weight excluding hydrogens is 520 g/mol. The monoisotopic (exact) mass is 552 g/mol. The number of fused-ring (bicyclic) bond motifs is 2. The van der Waals surface area contributed by atoms with Gasteiger partial charge in [0, 0.05) is 43.0 Å². The molecule has 1 atom stereocenters. The quantitative estimate of drug-likeness (QED) is 0.491. The van der Waals surface area contributed by atoms with Gasteiger partial charge in [-0.2, -0.15) is 0 Å². The topological polar surface area (TPSA) is 108 Å². The molecule has 1 saturated carbocycles. The first-order valence-corrected chi connectivity index (χ1v) is 13.8. The summed E-state index contributed by atoms with van der Waals surface area (Å²) in [5.41, 5.74) is 3.70. The largest absolute Gasteiger partial charge is 0.444 e. The zero-order chi connectivity index (χ0) is 27.5. The van der Waals surface area contributed by atoms with Crippen LogP contribution in [-0.4, -0.2) is 74.4 Å². The second-order valence-corrected chi connectivity index (χ2v) is 12.1. The van der Waals surface area contributed by atoms with Gasteiger partial charge in [0.05, 0.1) is 24.3 Å². The number of ether oxygens (including phenoxy) is 2. The van der Waals surface area contributed by atoms with Crippen LogP contribution in [0, 0.1) is 0 Å². The van der Waals surface area contributed by atoms with E-state index in [0.29, 0.717) is 62.8 Å². The van der Waals surface area contributed by atoms with Gasteiger partial charge in [-0.15, -0.1) is 0 Å². The van der Waals surface area contributed by atoms with Gasteiger partial charge in [-0.3, -0.25) is 9.69 Å². The summed E-state index contributed by atoms with van der Waals surface area (Å²) in [6.07, 6.45) is 4.78. The molecule has 4 heterocycles. The Balaban J connectivity index is 1.44. The molecule has 39 heavy (non-hydrogen) atoms. The third kappa shape index (κ3) is 4.99. The van der Waals surface area contributed by atoms with Crippen LogP contribution in [0.2, 0.25) is 5.02 Å². The molecule has 2 fully saturated rings. The summed E-state index contributed by atoms with van der Waals surface area (Å²) >= 11 is 6.39. The summed E-state index contributed by atoms with van der Waals surface area (Å²) < 4.78 is 11.6. The van der Waals surface area contributed by atoms with Crippen molar-refractivity contribution in [3.05, 3.63) is 52.3 Å². The molecule has 1 unspecified atom stereocenters. The van der Waals surface area contributed by atoms with Crippen molar-refractivity contribution in [2.45, 2.75) is 63.8 Å². The van der Waals surface area contributed by atoms with Crippen LogP contribution in [0.5, 0.6) is 0 Å². The lowest BCUT2D eigenvalue weighted by molar-refractivity contribution is -0.143. The number of pyridine rings is 1. The van der Waals surface area contributed by atoms with E-state index >= 15 is 0 Å². The maximum atomic E-state index is 13.3. The van der Waals surface area contributed by atoms with E-state index in [-0.39, 0.29) is 5.91 Å². The smallest absolute Gasteiger partial charge is 0.410 e. The van der Waals surface area contributed by atoms with E-state index in [1.165, 1.54) is 0 Å². The van der Waals surface area contributed by atoms with E-state index in [0.717, 1.165) is 33.2 Å². The lowest BCUT2D eigenvalue weighted by atomic mass is 9.86. The highest BCUT2D eigenvalue weighted by molar-refractivity contribution is 6.35. The van der Waals surface area contributed by atoms with Gasteiger partial charge in [-0.1, -0.05) is 17.7 Å². The molecule has 2 aliphatic heterocycles. The second-order valence-electron chi connectivity index (χ2n) is 11.7. The van der Waals surface area contributed by atoms with Crippen LogP contribution in [0.3, 0.4) is 0 Å². The number of nitrogens with zero attached hydrogens (tertiary/aromatic N) is 3. The van der Waals surface area contributed by atoms with Crippen LogP contribution in [0.4, 0.5) is 4.79 Å². The van der Waals surface area contributed by atoms with E-state index < -0.39 is 23.3 Å². The number of H-pyrrole nitrogens is 1. The Morgan fingerprint density at radius 1 is 1.21 bits per heavy atom. The van der Waals surface area contributed by atoms with Crippen molar-refractivity contribution in [3.8, 4) is 11.1 Å². The molecule has 9 nitrogen and oxygen atoms in total. The number of carbonyl (C=O) groups excluding carboxylic acids is 2. The van der Waals surface area contributed by atoms with Gasteiger partial charge >= 0.3 is 6.09 Å². The average Bonchev–Trinajstić information content (AvgIpc) is 3.57. The van der Waals surface area contributed by atoms with Gasteiger partial charge in [0.15, 0.2) is 0 Å². The SMILES string of the molecule is CC(C)(C)OC(=O)N1CCOCC1c1cc(-c2cnc3[nH]cc(Cl)c3c2)cc2c1CN(C(=O)C1(O)CC1)CC2. The maximum Gasteiger partial charge on any atom is 0.410 e. The summed E-state index contributed by atoms with van der Waals surface area (Å²) in [6.45, 7) is 7.57. The number of halogens is 1. The normalized spacial score (nSPS) is 20.6. The van der Waals surface area contributed by atoms with Crippen LogP contribution < -0.4 is 0 Å². The van der Waals surface area contributed by atoms with E-state index in [9.17, 15) is 14.7 Å². The van der Waals surface area contributed by atoms with Crippen LogP contribution in [0.1, 0.15) is 56.3 Å². The molecule has 1 saturated heterocycles. The summed E-state index contributed by atoms with van der Waals surface area (Å²) in [5.74, 6) is -0.219. The van der Waals surface area contributed by atoms with Crippen molar-refractivity contribution in [2.24, 2.45) is 0 Å². The number of aliphatic hydroxyl groups is 1. The summed E-state index contributed by atoms with van der Waals surface area (Å²) in [5, 5.41) is 12.0. The summed E-state index contributed by atoms with van der Waals surface area (Å²) in [6, 6.07) is 5.82. The number of amides is 2. The molecule has 0 spiro atoms. The van der Waals surface area contributed by atoms with Crippen LogP contribution in [0.15, 0.2) is 30.6 Å². The Labute approximate surface area is 232 Å². The fourth-order valence-corrected chi connectivity index (χ4v) is 5.69. The standard InChI is InChI=1S/C29H33ClN4O5/c1-28(2,3)39-27(36)34-8-9-38-16-24(34)20-11-18(19-12-21-23(30)14-32-25(21)31-13-19)10-17-4-7-33(15-22(17)20)26(35)29(37)5-6-29/h10-14,24,37H,4-9,15-16H2,1-3H3,(H,31,32). The molecule has 3 aromatic rings. The molecule has 0 radical (unpaired) electrons. The van der Waals surface area contributed by atoms with E-state index in [4.69, 9.17) is 21.1 Å². The lowest BCUT2D eigenvalue weighted by Gasteiger charge is -2.40. The van der Waals surface area contributed by atoms with Crippen LogP contribution in [-0.2, 0) is 27.2 Å². The Morgan fingerprint density at radius 2 is 2.00 bits per heavy atom. The highest BCUT2D eigenvalue weighted by atomic mass is 35.5. The third-order valence-corrected chi connectivity index (χ3v) is 8.03. The first-order chi connectivity index (χ1) is 18.5. The molecular formula is C29H33ClN4O5. The number of rotatable bonds is 3. The van der Waals surface area contributed by atoms with Gasteiger partial charge < -0.3 is 24.5 Å². The third-order valence-electron chi connectivity index (χ3n) is 7.72. The number of hydrogen-bond donors (Lipinski definition) is 2. The molecule has 0 bridgehead atoms. The zero-order valence-corrected chi connectivity index (χ0v) is 23.2. The van der Waals surface area contributed by atoms with E-state index in [1.807, 2.05) is 33.0 Å². The van der Waals surface area contributed by atoms with Crippen molar-refractivity contribution in [2.75, 3.05) is 26.3 Å². The molecule has 1 aromatic carbocycles. The number of carbonyl (C=O) groups is 2.